The van der Waals surface area contributed by atoms with Gasteiger partial charge in [0.2, 0.25) is 0 Å². The van der Waals surface area contributed by atoms with Gasteiger partial charge in [-0.25, -0.2) is 4.79 Å². The van der Waals surface area contributed by atoms with Gasteiger partial charge in [0.15, 0.2) is 0 Å². The van der Waals surface area contributed by atoms with Crippen molar-refractivity contribution < 1.29 is 23.2 Å². The Morgan fingerprint density at radius 1 is 1.07 bits per heavy atom. The van der Waals surface area contributed by atoms with Gasteiger partial charge in [0.05, 0.1) is 24.4 Å². The normalized spacial score (nSPS) is 15.5. The van der Waals surface area contributed by atoms with E-state index in [0.717, 1.165) is 10.5 Å². The molecule has 4 amide bonds. The van der Waals surface area contributed by atoms with Crippen LogP contribution in [0.4, 0.5) is 4.79 Å². The third-order valence-electron chi connectivity index (χ3n) is 4.29. The molecule has 1 aromatic carbocycles. The zero-order valence-corrected chi connectivity index (χ0v) is 14.9. The lowest BCUT2D eigenvalue weighted by molar-refractivity contribution is -0.130. The minimum absolute atomic E-state index is 0.100. The molecule has 1 N–H and O–H groups in total. The van der Waals surface area contributed by atoms with Crippen LogP contribution in [0.2, 0.25) is 0 Å². The van der Waals surface area contributed by atoms with Gasteiger partial charge in [-0.3, -0.25) is 19.8 Å². The maximum atomic E-state index is 12.7. The number of nitriles is 1. The summed E-state index contributed by atoms with van der Waals surface area (Å²) >= 11 is 0. The van der Waals surface area contributed by atoms with Crippen LogP contribution in [0.1, 0.15) is 17.1 Å². The summed E-state index contributed by atoms with van der Waals surface area (Å²) in [6.45, 7) is -0.100. The Morgan fingerprint density at radius 3 is 2.55 bits per heavy atom. The number of amides is 4. The third kappa shape index (κ3) is 3.57. The van der Waals surface area contributed by atoms with E-state index in [-0.39, 0.29) is 17.9 Å². The van der Waals surface area contributed by atoms with Gasteiger partial charge in [-0.2, -0.15) is 5.26 Å². The highest BCUT2D eigenvalue weighted by Gasteiger charge is 2.36. The summed E-state index contributed by atoms with van der Waals surface area (Å²) in [6.07, 6.45) is 2.71. The first kappa shape index (κ1) is 18.0. The molecule has 1 saturated heterocycles. The lowest BCUT2D eigenvalue weighted by Gasteiger charge is -2.25. The Bertz CT molecular complexity index is 1160. The Balaban J connectivity index is 1.60. The Hall–Kier alpha value is -4.38. The lowest BCUT2D eigenvalue weighted by Crippen LogP contribution is -2.53. The van der Waals surface area contributed by atoms with Crippen molar-refractivity contribution in [1.82, 2.24) is 10.2 Å². The minimum Gasteiger partial charge on any atom is -0.467 e. The molecule has 29 heavy (non-hydrogen) atoms. The molecule has 4 rings (SSSR count). The summed E-state index contributed by atoms with van der Waals surface area (Å²) in [7, 11) is 0. The fraction of sp³-hybridized carbons (Fsp3) is 0.0476. The zero-order chi connectivity index (χ0) is 20.4. The molecular formula is C21H13N3O5. The van der Waals surface area contributed by atoms with Crippen LogP contribution in [0.15, 0.2) is 69.2 Å². The van der Waals surface area contributed by atoms with Gasteiger partial charge < -0.3 is 8.83 Å². The van der Waals surface area contributed by atoms with E-state index in [1.807, 2.05) is 6.07 Å². The molecule has 0 radical (unpaired) electrons. The molecular weight excluding hydrogens is 374 g/mol. The van der Waals surface area contributed by atoms with Gasteiger partial charge in [0.25, 0.3) is 11.8 Å². The minimum atomic E-state index is -0.814. The second kappa shape index (κ2) is 7.32. The van der Waals surface area contributed by atoms with E-state index in [9.17, 15) is 14.4 Å². The van der Waals surface area contributed by atoms with Gasteiger partial charge >= 0.3 is 6.03 Å². The first-order chi connectivity index (χ1) is 14.0. The molecule has 0 spiro atoms. The molecule has 0 atom stereocenters. The predicted molar refractivity (Wildman–Crippen MR) is 99.6 cm³/mol. The smallest absolute Gasteiger partial charge is 0.331 e. The second-order valence-corrected chi connectivity index (χ2v) is 6.18. The van der Waals surface area contributed by atoms with Gasteiger partial charge in [0.1, 0.15) is 22.9 Å². The number of rotatable bonds is 4. The number of carbonyl (C=O) groups excluding carboxylic acids is 3. The van der Waals surface area contributed by atoms with Crippen molar-refractivity contribution in [3.8, 4) is 17.4 Å². The average Bonchev–Trinajstić information content (AvgIpc) is 3.40. The van der Waals surface area contributed by atoms with Gasteiger partial charge in [-0.05, 0) is 54.6 Å². The molecule has 1 aliphatic heterocycles. The molecule has 0 bridgehead atoms. The van der Waals surface area contributed by atoms with Crippen molar-refractivity contribution in [2.45, 2.75) is 6.54 Å². The van der Waals surface area contributed by atoms with E-state index in [0.29, 0.717) is 17.1 Å². The summed E-state index contributed by atoms with van der Waals surface area (Å²) in [5.74, 6) is -0.356. The van der Waals surface area contributed by atoms with Crippen LogP contribution in [0.3, 0.4) is 0 Å². The summed E-state index contributed by atoms with van der Waals surface area (Å²) in [5, 5.41) is 11.0. The van der Waals surface area contributed by atoms with Crippen LogP contribution < -0.4 is 5.32 Å². The maximum absolute atomic E-state index is 12.7. The Labute approximate surface area is 164 Å². The van der Waals surface area contributed by atoms with E-state index in [4.69, 9.17) is 14.1 Å². The quantitative estimate of drug-likeness (QED) is 0.543. The fourth-order valence-electron chi connectivity index (χ4n) is 2.83. The monoisotopic (exact) mass is 387 g/mol. The Morgan fingerprint density at radius 2 is 1.86 bits per heavy atom. The molecule has 1 aliphatic rings. The maximum Gasteiger partial charge on any atom is 0.331 e. The molecule has 142 valence electrons. The highest BCUT2D eigenvalue weighted by atomic mass is 16.3. The van der Waals surface area contributed by atoms with Crippen molar-refractivity contribution in [2.75, 3.05) is 0 Å². The van der Waals surface area contributed by atoms with Crippen LogP contribution in [-0.2, 0) is 16.1 Å². The van der Waals surface area contributed by atoms with E-state index >= 15 is 0 Å². The summed E-state index contributed by atoms with van der Waals surface area (Å²) in [6, 6.07) is 14.6. The molecule has 0 aliphatic carbocycles. The fourth-order valence-corrected chi connectivity index (χ4v) is 2.83. The van der Waals surface area contributed by atoms with Gasteiger partial charge in [0, 0.05) is 5.56 Å². The number of hydrogen-bond donors (Lipinski definition) is 1. The number of carbonyl (C=O) groups is 3. The van der Waals surface area contributed by atoms with Crippen LogP contribution in [-0.4, -0.2) is 22.7 Å². The topological polar surface area (TPSA) is 117 Å². The second-order valence-electron chi connectivity index (χ2n) is 6.18. The number of furan rings is 2. The van der Waals surface area contributed by atoms with Crippen molar-refractivity contribution in [1.29, 1.82) is 5.26 Å². The van der Waals surface area contributed by atoms with Crippen LogP contribution in [0.5, 0.6) is 0 Å². The number of barbiturate groups is 1. The first-order valence-electron chi connectivity index (χ1n) is 8.57. The number of benzene rings is 1. The van der Waals surface area contributed by atoms with Crippen molar-refractivity contribution in [2.24, 2.45) is 0 Å². The lowest BCUT2D eigenvalue weighted by atomic mass is 10.1. The molecule has 0 saturated carbocycles. The Kier molecular flexibility index (Phi) is 4.55. The molecule has 8 heteroatoms. The standard InChI is InChI=1S/C21H13N3O5/c22-11-13-3-5-14(6-4-13)18-8-7-15(29-18)10-17-19(25)23-21(27)24(20(17)26)12-16-2-1-9-28-16/h1-10H,12H2,(H,23,25,27). The van der Waals surface area contributed by atoms with E-state index in [1.165, 1.54) is 12.3 Å². The van der Waals surface area contributed by atoms with E-state index < -0.39 is 17.8 Å². The number of nitrogens with zero attached hydrogens (tertiary/aromatic N) is 2. The van der Waals surface area contributed by atoms with E-state index in [1.54, 1.807) is 48.5 Å². The summed E-state index contributed by atoms with van der Waals surface area (Å²) < 4.78 is 10.9. The highest BCUT2D eigenvalue weighted by Crippen LogP contribution is 2.25. The van der Waals surface area contributed by atoms with Crippen molar-refractivity contribution in [3.05, 3.63) is 77.5 Å². The first-order valence-corrected chi connectivity index (χ1v) is 8.57. The van der Waals surface area contributed by atoms with Crippen LogP contribution in [0, 0.1) is 11.3 Å². The highest BCUT2D eigenvalue weighted by molar-refractivity contribution is 6.30. The molecule has 3 heterocycles. The SMILES string of the molecule is N#Cc1ccc(-c2ccc(C=C3C(=O)NC(=O)N(Cc4ccco4)C3=O)o2)cc1. The van der Waals surface area contributed by atoms with Crippen molar-refractivity contribution >= 4 is 23.9 Å². The third-order valence-corrected chi connectivity index (χ3v) is 4.29. The van der Waals surface area contributed by atoms with Crippen molar-refractivity contribution in [3.63, 3.8) is 0 Å². The summed E-state index contributed by atoms with van der Waals surface area (Å²) in [4.78, 5) is 37.8. The van der Waals surface area contributed by atoms with Gasteiger partial charge in [-0.15, -0.1) is 0 Å². The predicted octanol–water partition coefficient (Wildman–Crippen LogP) is 3.07. The molecule has 1 fully saturated rings. The largest absolute Gasteiger partial charge is 0.467 e. The van der Waals surface area contributed by atoms with Crippen LogP contribution in [0.25, 0.3) is 17.4 Å². The molecule has 8 nitrogen and oxygen atoms in total. The molecule has 3 aromatic rings. The zero-order valence-electron chi connectivity index (χ0n) is 14.9. The number of urea groups is 1. The van der Waals surface area contributed by atoms with Gasteiger partial charge in [-0.1, -0.05) is 0 Å². The average molecular weight is 387 g/mol. The van der Waals surface area contributed by atoms with Crippen LogP contribution >= 0.6 is 0 Å². The molecule has 0 unspecified atom stereocenters. The summed E-state index contributed by atoms with van der Waals surface area (Å²) in [5.41, 5.74) is 1.04. The number of hydrogen-bond acceptors (Lipinski definition) is 6. The molecule has 2 aromatic heterocycles. The number of imide groups is 2. The van der Waals surface area contributed by atoms with E-state index in [2.05, 4.69) is 5.32 Å². The number of nitrogens with one attached hydrogen (secondary N) is 1.